The number of aromatic carboxylic acids is 1. The van der Waals surface area contributed by atoms with Crippen molar-refractivity contribution in [2.24, 2.45) is 0 Å². The molecule has 0 aliphatic heterocycles. The molecular formula is C14H12F3NO3S. The van der Waals surface area contributed by atoms with Gasteiger partial charge in [0.1, 0.15) is 10.8 Å². The number of pyridine rings is 1. The quantitative estimate of drug-likeness (QED) is 0.849. The third-order valence-corrected chi connectivity index (χ3v) is 3.77. The van der Waals surface area contributed by atoms with Gasteiger partial charge in [-0.15, -0.1) is 24.9 Å². The maximum Gasteiger partial charge on any atom is 0.573 e. The van der Waals surface area contributed by atoms with Gasteiger partial charge >= 0.3 is 12.3 Å². The molecule has 1 heterocycles. The first-order chi connectivity index (χ1) is 10.2. The number of thioether (sulfide) groups is 1. The van der Waals surface area contributed by atoms with Gasteiger partial charge in [0.05, 0.1) is 11.1 Å². The monoisotopic (exact) mass is 331 g/mol. The predicted molar refractivity (Wildman–Crippen MR) is 76.5 cm³/mol. The van der Waals surface area contributed by atoms with Gasteiger partial charge in [-0.05, 0) is 30.4 Å². The number of carboxylic acids is 1. The molecule has 0 fully saturated rings. The van der Waals surface area contributed by atoms with Crippen LogP contribution < -0.4 is 4.74 Å². The average molecular weight is 331 g/mol. The lowest BCUT2D eigenvalue weighted by molar-refractivity contribution is -0.274. The number of fused-ring (bicyclic) bond motifs is 1. The van der Waals surface area contributed by atoms with Crippen LogP contribution >= 0.6 is 11.8 Å². The summed E-state index contributed by atoms with van der Waals surface area (Å²) in [6.45, 7) is 3.44. The minimum atomic E-state index is -4.79. The average Bonchev–Trinajstić information content (AvgIpc) is 2.36. The standard InChI is InChI=1S/C14H12F3NO3S/c1-3-22-12-11(13(19)20)7(2)9-5-4-8(6-10(9)18-12)21-14(15,16)17/h4-6H,3H2,1-2H3,(H,19,20). The van der Waals surface area contributed by atoms with Crippen molar-refractivity contribution in [3.05, 3.63) is 29.3 Å². The number of carbonyl (C=O) groups is 1. The highest BCUT2D eigenvalue weighted by molar-refractivity contribution is 7.99. The second-order valence-electron chi connectivity index (χ2n) is 4.38. The SMILES string of the molecule is CCSc1nc2cc(OC(F)(F)F)ccc2c(C)c1C(=O)O. The number of aryl methyl sites for hydroxylation is 1. The van der Waals surface area contributed by atoms with Gasteiger partial charge in [0.2, 0.25) is 0 Å². The molecule has 1 aromatic heterocycles. The summed E-state index contributed by atoms with van der Waals surface area (Å²) in [5.74, 6) is -0.905. The molecule has 2 aromatic rings. The number of halogens is 3. The molecule has 0 bridgehead atoms. The molecular weight excluding hydrogens is 319 g/mol. The second-order valence-corrected chi connectivity index (χ2v) is 5.63. The van der Waals surface area contributed by atoms with Crippen LogP contribution in [-0.4, -0.2) is 28.2 Å². The van der Waals surface area contributed by atoms with Crippen LogP contribution in [0.4, 0.5) is 13.2 Å². The third kappa shape index (κ3) is 3.44. The zero-order valence-corrected chi connectivity index (χ0v) is 12.5. The molecule has 2 rings (SSSR count). The van der Waals surface area contributed by atoms with E-state index in [2.05, 4.69) is 9.72 Å². The molecule has 0 saturated carbocycles. The summed E-state index contributed by atoms with van der Waals surface area (Å²) in [5, 5.41) is 10.1. The molecule has 1 aromatic carbocycles. The van der Waals surface area contributed by atoms with Crippen LogP contribution in [0.5, 0.6) is 5.75 Å². The summed E-state index contributed by atoms with van der Waals surface area (Å²) >= 11 is 1.22. The molecule has 4 nitrogen and oxygen atoms in total. The van der Waals surface area contributed by atoms with Crippen LogP contribution in [0.3, 0.4) is 0 Å². The summed E-state index contributed by atoms with van der Waals surface area (Å²) < 4.78 is 40.7. The Bertz CT molecular complexity index is 731. The van der Waals surface area contributed by atoms with Gasteiger partial charge in [-0.1, -0.05) is 6.92 Å². The molecule has 8 heteroatoms. The molecule has 0 spiro atoms. The highest BCUT2D eigenvalue weighted by Crippen LogP contribution is 2.32. The van der Waals surface area contributed by atoms with Crippen molar-refractivity contribution < 1.29 is 27.8 Å². The van der Waals surface area contributed by atoms with Crippen molar-refractivity contribution in [2.45, 2.75) is 25.2 Å². The number of benzene rings is 1. The topological polar surface area (TPSA) is 59.4 Å². The number of carboxylic acid groups (broad SMARTS) is 1. The van der Waals surface area contributed by atoms with E-state index < -0.39 is 12.3 Å². The lowest BCUT2D eigenvalue weighted by atomic mass is 10.0. The van der Waals surface area contributed by atoms with E-state index in [9.17, 15) is 23.1 Å². The van der Waals surface area contributed by atoms with Crippen molar-refractivity contribution in [3.8, 4) is 5.75 Å². The fourth-order valence-corrected chi connectivity index (χ4v) is 2.89. The number of rotatable bonds is 4. The summed E-state index contributed by atoms with van der Waals surface area (Å²) in [4.78, 5) is 15.6. The second kappa shape index (κ2) is 6.04. The first kappa shape index (κ1) is 16.4. The van der Waals surface area contributed by atoms with Crippen molar-refractivity contribution in [2.75, 3.05) is 5.75 Å². The zero-order valence-electron chi connectivity index (χ0n) is 11.7. The van der Waals surface area contributed by atoms with Gasteiger partial charge in [-0.3, -0.25) is 0 Å². The Kier molecular flexibility index (Phi) is 4.50. The van der Waals surface area contributed by atoms with Gasteiger partial charge in [0, 0.05) is 11.5 Å². The minimum absolute atomic E-state index is 0.0730. The number of ether oxygens (including phenoxy) is 1. The van der Waals surface area contributed by atoms with Crippen LogP contribution in [-0.2, 0) is 0 Å². The van der Waals surface area contributed by atoms with Gasteiger partial charge in [0.15, 0.2) is 0 Å². The van der Waals surface area contributed by atoms with Crippen LogP contribution in [0.2, 0.25) is 0 Å². The van der Waals surface area contributed by atoms with E-state index in [1.165, 1.54) is 17.8 Å². The van der Waals surface area contributed by atoms with Crippen molar-refractivity contribution in [1.29, 1.82) is 0 Å². The van der Waals surface area contributed by atoms with Gasteiger partial charge in [-0.25, -0.2) is 9.78 Å². The fourth-order valence-electron chi connectivity index (χ4n) is 2.07. The Morgan fingerprint density at radius 3 is 2.64 bits per heavy atom. The molecule has 0 saturated heterocycles. The maximum absolute atomic E-state index is 12.3. The Balaban J connectivity index is 2.63. The molecule has 22 heavy (non-hydrogen) atoms. The summed E-state index contributed by atoms with van der Waals surface area (Å²) in [6, 6.07) is 3.68. The van der Waals surface area contributed by atoms with Crippen molar-refractivity contribution in [1.82, 2.24) is 4.98 Å². The van der Waals surface area contributed by atoms with E-state index >= 15 is 0 Å². The molecule has 0 radical (unpaired) electrons. The smallest absolute Gasteiger partial charge is 0.478 e. The number of hydrogen-bond acceptors (Lipinski definition) is 4. The summed E-state index contributed by atoms with van der Waals surface area (Å²) in [6.07, 6.45) is -4.79. The zero-order chi connectivity index (χ0) is 16.5. The molecule has 0 aliphatic carbocycles. The van der Waals surface area contributed by atoms with Crippen molar-refractivity contribution in [3.63, 3.8) is 0 Å². The Morgan fingerprint density at radius 2 is 2.09 bits per heavy atom. The Morgan fingerprint density at radius 1 is 1.41 bits per heavy atom. The Hall–Kier alpha value is -1.96. The van der Waals surface area contributed by atoms with Crippen LogP contribution in [0.25, 0.3) is 10.9 Å². The molecule has 0 atom stereocenters. The van der Waals surface area contributed by atoms with Gasteiger partial charge in [0.25, 0.3) is 0 Å². The normalized spacial score (nSPS) is 11.7. The van der Waals surface area contributed by atoms with E-state index in [-0.39, 0.29) is 21.9 Å². The third-order valence-electron chi connectivity index (χ3n) is 2.91. The summed E-state index contributed by atoms with van der Waals surface area (Å²) in [5.41, 5.74) is 0.802. The highest BCUT2D eigenvalue weighted by atomic mass is 32.2. The predicted octanol–water partition coefficient (Wildman–Crippen LogP) is 4.25. The van der Waals surface area contributed by atoms with Crippen LogP contribution in [0.15, 0.2) is 23.2 Å². The highest BCUT2D eigenvalue weighted by Gasteiger charge is 2.31. The number of aromatic nitrogens is 1. The van der Waals surface area contributed by atoms with Crippen molar-refractivity contribution >= 4 is 28.6 Å². The minimum Gasteiger partial charge on any atom is -0.478 e. The van der Waals surface area contributed by atoms with E-state index in [1.807, 2.05) is 6.92 Å². The van der Waals surface area contributed by atoms with E-state index in [0.717, 1.165) is 12.1 Å². The fraction of sp³-hybridized carbons (Fsp3) is 0.286. The molecule has 118 valence electrons. The van der Waals surface area contributed by atoms with Crippen LogP contribution in [0, 0.1) is 6.92 Å². The first-order valence-corrected chi connectivity index (χ1v) is 7.27. The molecule has 0 amide bonds. The first-order valence-electron chi connectivity index (χ1n) is 6.29. The largest absolute Gasteiger partial charge is 0.573 e. The molecule has 0 aliphatic rings. The lowest BCUT2D eigenvalue weighted by Gasteiger charge is -2.13. The number of alkyl halides is 3. The van der Waals surface area contributed by atoms with Gasteiger partial charge < -0.3 is 9.84 Å². The van der Waals surface area contributed by atoms with E-state index in [0.29, 0.717) is 16.7 Å². The van der Waals surface area contributed by atoms with Crippen LogP contribution in [0.1, 0.15) is 22.8 Å². The number of hydrogen-bond donors (Lipinski definition) is 1. The number of nitrogens with zero attached hydrogens (tertiary/aromatic N) is 1. The maximum atomic E-state index is 12.3. The van der Waals surface area contributed by atoms with E-state index in [4.69, 9.17) is 0 Å². The van der Waals surface area contributed by atoms with Gasteiger partial charge in [-0.2, -0.15) is 0 Å². The van der Waals surface area contributed by atoms with E-state index in [1.54, 1.807) is 6.92 Å². The summed E-state index contributed by atoms with van der Waals surface area (Å²) in [7, 11) is 0. The molecule has 1 N–H and O–H groups in total. The lowest BCUT2D eigenvalue weighted by Crippen LogP contribution is -2.17. The molecule has 0 unspecified atom stereocenters. The Labute approximate surface area is 128 Å².